The lowest BCUT2D eigenvalue weighted by Crippen LogP contribution is -2.31. The van der Waals surface area contributed by atoms with E-state index in [1.807, 2.05) is 18.8 Å². The lowest BCUT2D eigenvalue weighted by atomic mass is 10.2. The Bertz CT molecular complexity index is 605. The molecular weight excluding hydrogens is 274 g/mol. The molecule has 2 aromatic heterocycles. The maximum atomic E-state index is 5.55. The second-order valence-electron chi connectivity index (χ2n) is 5.07. The molecule has 0 saturated carbocycles. The fraction of sp³-hybridized carbons (Fsp3) is 0.583. The number of anilines is 1. The summed E-state index contributed by atoms with van der Waals surface area (Å²) in [6, 6.07) is 0.611. The summed E-state index contributed by atoms with van der Waals surface area (Å²) < 4.78 is 1.74. The van der Waals surface area contributed by atoms with Gasteiger partial charge in [-0.1, -0.05) is 0 Å². The van der Waals surface area contributed by atoms with E-state index >= 15 is 0 Å². The minimum Gasteiger partial charge on any atom is -0.308 e. The van der Waals surface area contributed by atoms with Crippen molar-refractivity contribution in [3.8, 4) is 0 Å². The predicted molar refractivity (Wildman–Crippen MR) is 81.3 cm³/mol. The number of aromatic nitrogens is 4. The molecule has 108 valence electrons. The molecule has 20 heavy (non-hydrogen) atoms. The van der Waals surface area contributed by atoms with Crippen LogP contribution < -0.4 is 11.3 Å². The Morgan fingerprint density at radius 3 is 3.10 bits per heavy atom. The van der Waals surface area contributed by atoms with E-state index in [9.17, 15) is 0 Å². The lowest BCUT2D eigenvalue weighted by molar-refractivity contribution is 0.248. The molecule has 0 aliphatic carbocycles. The Labute approximate surface area is 121 Å². The number of hydrogen-bond donors (Lipinski definition) is 2. The van der Waals surface area contributed by atoms with Gasteiger partial charge in [0.15, 0.2) is 11.5 Å². The highest BCUT2D eigenvalue weighted by atomic mass is 32.2. The summed E-state index contributed by atoms with van der Waals surface area (Å²) in [5, 5.41) is 5.05. The molecule has 7 nitrogen and oxygen atoms in total. The molecule has 0 bridgehead atoms. The molecule has 1 aliphatic rings. The average molecular weight is 293 g/mol. The normalized spacial score (nSPS) is 19.1. The molecule has 1 unspecified atom stereocenters. The number of hydrogen-bond acceptors (Lipinski definition) is 7. The summed E-state index contributed by atoms with van der Waals surface area (Å²) in [6.07, 6.45) is 2.96. The average Bonchev–Trinajstić information content (AvgIpc) is 3.09. The highest BCUT2D eigenvalue weighted by Crippen LogP contribution is 2.23. The monoisotopic (exact) mass is 293 g/mol. The number of thioether (sulfide) groups is 1. The topological polar surface area (TPSA) is 84.9 Å². The number of nitrogens with zero attached hydrogens (tertiary/aromatic N) is 5. The van der Waals surface area contributed by atoms with Crippen molar-refractivity contribution >= 4 is 28.6 Å². The van der Waals surface area contributed by atoms with Gasteiger partial charge in [0.05, 0.1) is 18.1 Å². The molecule has 2 aromatic rings. The van der Waals surface area contributed by atoms with E-state index in [1.54, 1.807) is 10.9 Å². The van der Waals surface area contributed by atoms with Crippen LogP contribution in [0.2, 0.25) is 0 Å². The summed E-state index contributed by atoms with van der Waals surface area (Å²) in [6.45, 7) is 0.723. The number of nitrogens with two attached hydrogens (primary N) is 1. The van der Waals surface area contributed by atoms with E-state index in [1.165, 1.54) is 17.9 Å². The van der Waals surface area contributed by atoms with Crippen LogP contribution in [0.1, 0.15) is 12.2 Å². The zero-order valence-corrected chi connectivity index (χ0v) is 12.5. The number of nitrogen functional groups attached to an aromatic ring is 1. The summed E-state index contributed by atoms with van der Waals surface area (Å²) >= 11 is 2.01. The molecule has 0 aromatic carbocycles. The van der Waals surface area contributed by atoms with Crippen LogP contribution in [0, 0.1) is 0 Å². The van der Waals surface area contributed by atoms with E-state index in [-0.39, 0.29) is 0 Å². The Kier molecular flexibility index (Phi) is 3.77. The molecule has 0 spiro atoms. The second-order valence-corrected chi connectivity index (χ2v) is 6.22. The van der Waals surface area contributed by atoms with Gasteiger partial charge in [0.25, 0.3) is 0 Å². The first kappa shape index (κ1) is 13.6. The zero-order valence-electron chi connectivity index (χ0n) is 11.7. The molecule has 8 heteroatoms. The van der Waals surface area contributed by atoms with Crippen molar-refractivity contribution in [3.63, 3.8) is 0 Å². The SMILES string of the molecule is CN(Cc1nc(NN)c2cnn(C)c2n1)C1CCSC1. The second kappa shape index (κ2) is 5.55. The van der Waals surface area contributed by atoms with Crippen molar-refractivity contribution < 1.29 is 0 Å². The van der Waals surface area contributed by atoms with Crippen molar-refractivity contribution in [1.82, 2.24) is 24.6 Å². The fourth-order valence-corrected chi connectivity index (χ4v) is 3.77. The van der Waals surface area contributed by atoms with E-state index in [4.69, 9.17) is 5.84 Å². The van der Waals surface area contributed by atoms with E-state index in [2.05, 4.69) is 32.4 Å². The maximum Gasteiger partial charge on any atom is 0.163 e. The Hall–Kier alpha value is -1.38. The molecule has 1 atom stereocenters. The van der Waals surface area contributed by atoms with Crippen LogP contribution in [0.3, 0.4) is 0 Å². The largest absolute Gasteiger partial charge is 0.308 e. The minimum atomic E-state index is 0.611. The molecule has 0 amide bonds. The molecule has 3 N–H and O–H groups in total. The van der Waals surface area contributed by atoms with Crippen molar-refractivity contribution in [1.29, 1.82) is 0 Å². The summed E-state index contributed by atoms with van der Waals surface area (Å²) in [7, 11) is 4.00. The van der Waals surface area contributed by atoms with Crippen molar-refractivity contribution in [3.05, 3.63) is 12.0 Å². The molecular formula is C12H19N7S. The quantitative estimate of drug-likeness (QED) is 0.630. The van der Waals surface area contributed by atoms with Crippen LogP contribution in [0.25, 0.3) is 11.0 Å². The summed E-state index contributed by atoms with van der Waals surface area (Å²) in [4.78, 5) is 11.4. The van der Waals surface area contributed by atoms with Gasteiger partial charge >= 0.3 is 0 Å². The third kappa shape index (κ3) is 2.46. The van der Waals surface area contributed by atoms with Gasteiger partial charge < -0.3 is 5.43 Å². The summed E-state index contributed by atoms with van der Waals surface area (Å²) in [5.74, 6) is 9.39. The van der Waals surface area contributed by atoms with Crippen molar-refractivity contribution in [2.45, 2.75) is 19.0 Å². The van der Waals surface area contributed by atoms with Crippen LogP contribution in [0.5, 0.6) is 0 Å². The summed E-state index contributed by atoms with van der Waals surface area (Å²) in [5.41, 5.74) is 3.44. The number of fused-ring (bicyclic) bond motifs is 1. The first-order valence-electron chi connectivity index (χ1n) is 6.62. The third-order valence-corrected chi connectivity index (χ3v) is 4.84. The van der Waals surface area contributed by atoms with Gasteiger partial charge in [-0.15, -0.1) is 0 Å². The first-order valence-corrected chi connectivity index (χ1v) is 7.77. The zero-order chi connectivity index (χ0) is 14.1. The standard InChI is InChI=1S/C12H19N7S/c1-18(8-3-4-20-7-8)6-10-15-11(17-13)9-5-14-19(2)12(9)16-10/h5,8H,3-4,6-7,13H2,1-2H3,(H,15,16,17). The molecule has 3 heterocycles. The highest BCUT2D eigenvalue weighted by Gasteiger charge is 2.21. The first-order chi connectivity index (χ1) is 9.69. The van der Waals surface area contributed by atoms with Crippen LogP contribution in [0.15, 0.2) is 6.20 Å². The van der Waals surface area contributed by atoms with Gasteiger partial charge in [-0.3, -0.25) is 9.58 Å². The van der Waals surface area contributed by atoms with Crippen LogP contribution >= 0.6 is 11.8 Å². The van der Waals surface area contributed by atoms with Crippen LogP contribution in [0.4, 0.5) is 5.82 Å². The Balaban J connectivity index is 1.88. The minimum absolute atomic E-state index is 0.611. The van der Waals surface area contributed by atoms with Gasteiger partial charge in [-0.2, -0.15) is 16.9 Å². The fourth-order valence-electron chi connectivity index (χ4n) is 2.47. The smallest absolute Gasteiger partial charge is 0.163 e. The molecule has 1 saturated heterocycles. The van der Waals surface area contributed by atoms with Gasteiger partial charge in [-0.25, -0.2) is 15.8 Å². The Morgan fingerprint density at radius 2 is 2.40 bits per heavy atom. The van der Waals surface area contributed by atoms with E-state index in [0.29, 0.717) is 11.9 Å². The van der Waals surface area contributed by atoms with Crippen molar-refractivity contribution in [2.24, 2.45) is 12.9 Å². The van der Waals surface area contributed by atoms with E-state index < -0.39 is 0 Å². The number of rotatable bonds is 4. The van der Waals surface area contributed by atoms with Gasteiger partial charge in [-0.05, 0) is 19.2 Å². The molecule has 0 radical (unpaired) electrons. The predicted octanol–water partition coefficient (Wildman–Crippen LogP) is 0.586. The highest BCUT2D eigenvalue weighted by molar-refractivity contribution is 7.99. The molecule has 3 rings (SSSR count). The maximum absolute atomic E-state index is 5.55. The van der Waals surface area contributed by atoms with E-state index in [0.717, 1.165) is 23.4 Å². The number of nitrogens with one attached hydrogen (secondary N) is 1. The number of aryl methyl sites for hydroxylation is 1. The third-order valence-electron chi connectivity index (χ3n) is 3.69. The molecule has 1 aliphatic heterocycles. The molecule has 1 fully saturated rings. The number of hydrazine groups is 1. The van der Waals surface area contributed by atoms with Crippen LogP contribution in [-0.2, 0) is 13.6 Å². The van der Waals surface area contributed by atoms with Crippen LogP contribution in [-0.4, -0.2) is 49.2 Å². The van der Waals surface area contributed by atoms with Gasteiger partial charge in [0.2, 0.25) is 0 Å². The van der Waals surface area contributed by atoms with Gasteiger partial charge in [0, 0.05) is 18.8 Å². The Morgan fingerprint density at radius 1 is 1.55 bits per heavy atom. The van der Waals surface area contributed by atoms with Gasteiger partial charge in [0.1, 0.15) is 5.82 Å². The van der Waals surface area contributed by atoms with Crippen molar-refractivity contribution in [2.75, 3.05) is 24.0 Å². The lowest BCUT2D eigenvalue weighted by Gasteiger charge is -2.22.